The lowest BCUT2D eigenvalue weighted by Crippen LogP contribution is -2.04. The monoisotopic (exact) mass is 344 g/mol. The molecule has 2 rings (SSSR count). The Labute approximate surface area is 134 Å². The summed E-state index contributed by atoms with van der Waals surface area (Å²) in [6.07, 6.45) is -2.80. The van der Waals surface area contributed by atoms with Crippen molar-refractivity contribution in [3.63, 3.8) is 0 Å². The number of alkyl halides is 3. The number of rotatable bonds is 4. The van der Waals surface area contributed by atoms with Gasteiger partial charge in [0.05, 0.1) is 5.56 Å². The van der Waals surface area contributed by atoms with E-state index in [9.17, 15) is 17.7 Å². The van der Waals surface area contributed by atoms with Crippen molar-refractivity contribution in [2.45, 2.75) is 11.9 Å². The zero-order chi connectivity index (χ0) is 16.2. The summed E-state index contributed by atoms with van der Waals surface area (Å²) in [4.78, 5) is 0. The second-order valence-corrected chi connectivity index (χ2v) is 6.33. The van der Waals surface area contributed by atoms with Crippen molar-refractivity contribution >= 4 is 28.9 Å². The van der Waals surface area contributed by atoms with Gasteiger partial charge in [-0.1, -0.05) is 35.9 Å². The van der Waals surface area contributed by atoms with E-state index in [0.29, 0.717) is 16.3 Å². The molecule has 0 fully saturated rings. The maximum atomic E-state index is 12.4. The van der Waals surface area contributed by atoms with Crippen LogP contribution in [0.3, 0.4) is 0 Å². The van der Waals surface area contributed by atoms with Gasteiger partial charge in [-0.15, -0.1) is 0 Å². The van der Waals surface area contributed by atoms with E-state index in [2.05, 4.69) is 0 Å². The maximum absolute atomic E-state index is 12.4. The summed E-state index contributed by atoms with van der Waals surface area (Å²) in [5.41, 5.74) is 0.740. The molecule has 6 heteroatoms. The van der Waals surface area contributed by atoms with Crippen molar-refractivity contribution in [2.75, 3.05) is 0 Å². The Morgan fingerprint density at radius 3 is 2.14 bits per heavy atom. The molecule has 0 radical (unpaired) electrons. The number of benzene rings is 2. The summed E-state index contributed by atoms with van der Waals surface area (Å²) < 4.78 is 49.2. The molecule has 0 heterocycles. The molecular weight excluding hydrogens is 333 g/mol. The highest BCUT2D eigenvalue weighted by Gasteiger charge is 2.29. The van der Waals surface area contributed by atoms with Crippen molar-refractivity contribution in [1.29, 1.82) is 0 Å². The van der Waals surface area contributed by atoms with E-state index in [0.717, 1.165) is 17.7 Å². The van der Waals surface area contributed by atoms with Gasteiger partial charge in [0.2, 0.25) is 0 Å². The molecule has 0 amide bonds. The summed E-state index contributed by atoms with van der Waals surface area (Å²) in [6, 6.07) is 11.7. The normalized spacial score (nSPS) is 13.5. The fourth-order valence-electron chi connectivity index (χ4n) is 1.73. The Morgan fingerprint density at radius 1 is 1.00 bits per heavy atom. The summed E-state index contributed by atoms with van der Waals surface area (Å²) in [5, 5.41) is 2.08. The predicted molar refractivity (Wildman–Crippen MR) is 83.8 cm³/mol. The second kappa shape index (κ2) is 7.22. The maximum Gasteiger partial charge on any atom is 0.416 e. The molecule has 0 aromatic heterocycles. The third-order valence-corrected chi connectivity index (χ3v) is 4.18. The third kappa shape index (κ3) is 5.09. The van der Waals surface area contributed by atoms with Gasteiger partial charge in [0.25, 0.3) is 0 Å². The van der Waals surface area contributed by atoms with Crippen molar-refractivity contribution in [2.24, 2.45) is 0 Å². The Hall–Kier alpha value is -1.43. The van der Waals surface area contributed by atoms with E-state index in [-0.39, 0.29) is 0 Å². The van der Waals surface area contributed by atoms with Gasteiger partial charge >= 0.3 is 6.18 Å². The van der Waals surface area contributed by atoms with Crippen LogP contribution in [0, 0.1) is 0 Å². The predicted octanol–water partition coefficient (Wildman–Crippen LogP) is 5.28. The summed E-state index contributed by atoms with van der Waals surface area (Å²) in [7, 11) is 0. The van der Waals surface area contributed by atoms with E-state index in [1.807, 2.05) is 0 Å². The Kier molecular flexibility index (Phi) is 5.56. The minimum atomic E-state index is -4.35. The fraction of sp³-hybridized carbons (Fsp3) is 0.125. The second-order valence-electron chi connectivity index (χ2n) is 4.57. The molecule has 1 nitrogen and oxygen atoms in total. The largest absolute Gasteiger partial charge is 0.612 e. The molecule has 1 atom stereocenters. The molecule has 0 saturated heterocycles. The lowest BCUT2D eigenvalue weighted by molar-refractivity contribution is -0.137. The Bertz CT molecular complexity index is 636. The molecule has 22 heavy (non-hydrogen) atoms. The van der Waals surface area contributed by atoms with Gasteiger partial charge in [0.15, 0.2) is 0 Å². The minimum absolute atomic E-state index is 0.328. The number of hydrogen-bond donors (Lipinski definition) is 0. The summed E-state index contributed by atoms with van der Waals surface area (Å²) >= 11 is 4.52. The first-order valence-corrected chi connectivity index (χ1v) is 8.08. The van der Waals surface area contributed by atoms with E-state index in [1.54, 1.807) is 30.3 Å². The molecule has 0 aliphatic carbocycles. The van der Waals surface area contributed by atoms with Crippen LogP contribution in [0.2, 0.25) is 5.02 Å². The molecule has 2 aromatic rings. The SMILES string of the molecule is [O-][S+](C=Cc1ccc(C(F)(F)F)cc1)Cc1ccc(Cl)cc1. The van der Waals surface area contributed by atoms with E-state index < -0.39 is 22.9 Å². The topological polar surface area (TPSA) is 23.1 Å². The van der Waals surface area contributed by atoms with Crippen molar-refractivity contribution in [1.82, 2.24) is 0 Å². The molecule has 0 aliphatic heterocycles. The molecule has 0 aliphatic rings. The average Bonchev–Trinajstić information content (AvgIpc) is 2.47. The van der Waals surface area contributed by atoms with Gasteiger partial charge in [0.1, 0.15) is 11.2 Å². The van der Waals surface area contributed by atoms with Gasteiger partial charge in [-0.05, 0) is 47.1 Å². The van der Waals surface area contributed by atoms with Crippen molar-refractivity contribution in [3.05, 3.63) is 75.7 Å². The lowest BCUT2D eigenvalue weighted by Gasteiger charge is -2.07. The first-order valence-electron chi connectivity index (χ1n) is 6.32. The van der Waals surface area contributed by atoms with E-state index in [4.69, 9.17) is 11.6 Å². The van der Waals surface area contributed by atoms with Crippen LogP contribution in [0.25, 0.3) is 6.08 Å². The first kappa shape index (κ1) is 16.9. The average molecular weight is 345 g/mol. The van der Waals surface area contributed by atoms with Crippen LogP contribution >= 0.6 is 11.6 Å². The smallest absolute Gasteiger partial charge is 0.416 e. The molecule has 1 unspecified atom stereocenters. The molecule has 116 valence electrons. The zero-order valence-electron chi connectivity index (χ0n) is 11.3. The van der Waals surface area contributed by atoms with E-state index >= 15 is 0 Å². The minimum Gasteiger partial charge on any atom is -0.612 e. The van der Waals surface area contributed by atoms with Crippen LogP contribution in [0.1, 0.15) is 16.7 Å². The molecular formula is C16H12ClF3OS. The third-order valence-electron chi connectivity index (χ3n) is 2.87. The highest BCUT2D eigenvalue weighted by Crippen LogP contribution is 2.29. The van der Waals surface area contributed by atoms with Gasteiger partial charge in [-0.2, -0.15) is 13.2 Å². The van der Waals surface area contributed by atoms with Crippen LogP contribution in [-0.4, -0.2) is 4.55 Å². The summed E-state index contributed by atoms with van der Waals surface area (Å²) in [6.45, 7) is 0. The first-order chi connectivity index (χ1) is 10.3. The van der Waals surface area contributed by atoms with Gasteiger partial charge in [0, 0.05) is 10.6 Å². The molecule has 0 saturated carbocycles. The van der Waals surface area contributed by atoms with Crippen LogP contribution in [0.5, 0.6) is 0 Å². The highest BCUT2D eigenvalue weighted by atomic mass is 35.5. The van der Waals surface area contributed by atoms with Crippen molar-refractivity contribution < 1.29 is 17.7 Å². The van der Waals surface area contributed by atoms with Gasteiger partial charge < -0.3 is 4.55 Å². The quantitative estimate of drug-likeness (QED) is 0.692. The fourth-order valence-corrected chi connectivity index (χ4v) is 2.78. The number of hydrogen-bond acceptors (Lipinski definition) is 1. The molecule has 0 spiro atoms. The Balaban J connectivity index is 1.97. The van der Waals surface area contributed by atoms with Gasteiger partial charge in [-0.3, -0.25) is 0 Å². The van der Waals surface area contributed by atoms with Crippen LogP contribution in [0.4, 0.5) is 13.2 Å². The zero-order valence-corrected chi connectivity index (χ0v) is 12.9. The van der Waals surface area contributed by atoms with Crippen LogP contribution < -0.4 is 0 Å². The highest BCUT2D eigenvalue weighted by molar-refractivity contribution is 7.93. The van der Waals surface area contributed by atoms with Gasteiger partial charge in [-0.25, -0.2) is 0 Å². The molecule has 0 N–H and O–H groups in total. The van der Waals surface area contributed by atoms with Crippen LogP contribution in [-0.2, 0) is 23.1 Å². The van der Waals surface area contributed by atoms with Crippen molar-refractivity contribution in [3.8, 4) is 0 Å². The van der Waals surface area contributed by atoms with Crippen LogP contribution in [0.15, 0.2) is 53.9 Å². The molecule has 0 bridgehead atoms. The lowest BCUT2D eigenvalue weighted by atomic mass is 10.1. The Morgan fingerprint density at radius 2 is 1.59 bits per heavy atom. The standard InChI is InChI=1S/C16H12ClF3OS/c17-15-7-3-13(4-8-15)11-22(21)10-9-12-1-5-14(6-2-12)16(18,19)20/h1-10H,11H2. The molecule has 2 aromatic carbocycles. The number of halogens is 4. The van der Waals surface area contributed by atoms with E-state index in [1.165, 1.54) is 17.5 Å². The summed E-state index contributed by atoms with van der Waals surface area (Å²) in [5.74, 6) is 0.328.